The van der Waals surface area contributed by atoms with Crippen LogP contribution in [0.2, 0.25) is 0 Å². The quantitative estimate of drug-likeness (QED) is 0.738. The average Bonchev–Trinajstić information content (AvgIpc) is 2.37. The Morgan fingerprint density at radius 3 is 2.37 bits per heavy atom. The van der Waals surface area contributed by atoms with Gasteiger partial charge in [0.2, 0.25) is 10.0 Å². The van der Waals surface area contributed by atoms with Gasteiger partial charge in [0.15, 0.2) is 0 Å². The van der Waals surface area contributed by atoms with E-state index in [1.54, 1.807) is 12.1 Å². The van der Waals surface area contributed by atoms with Gasteiger partial charge in [-0.05, 0) is 23.8 Å². The number of hydrogen-bond acceptors (Lipinski definition) is 4. The molecule has 0 aromatic heterocycles. The third kappa shape index (κ3) is 3.46. The third-order valence-electron chi connectivity index (χ3n) is 2.64. The maximum Gasteiger partial charge on any atom is 0.240 e. The topological polar surface area (TPSA) is 98.2 Å². The normalized spacial score (nSPS) is 11.2. The molecular formula is C13H15N3O2S. The van der Waals surface area contributed by atoms with Crippen molar-refractivity contribution in [2.75, 3.05) is 11.1 Å². The molecule has 19 heavy (non-hydrogen) atoms. The summed E-state index contributed by atoms with van der Waals surface area (Å²) < 4.78 is 23.0. The number of rotatable bonds is 4. The predicted molar refractivity (Wildman–Crippen MR) is 76.0 cm³/mol. The van der Waals surface area contributed by atoms with Crippen LogP contribution in [0.5, 0.6) is 0 Å². The predicted octanol–water partition coefficient (Wildman–Crippen LogP) is 1.53. The fraction of sp³-hybridized carbons (Fsp3) is 0.0769. The molecule has 0 radical (unpaired) electrons. The Hall–Kier alpha value is -2.05. The molecule has 5 nitrogen and oxygen atoms in total. The highest BCUT2D eigenvalue weighted by atomic mass is 32.2. The highest BCUT2D eigenvalue weighted by Crippen LogP contribution is 2.23. The number of anilines is 2. The molecule has 6 heteroatoms. The van der Waals surface area contributed by atoms with E-state index in [1.807, 2.05) is 30.3 Å². The van der Waals surface area contributed by atoms with Crippen molar-refractivity contribution in [1.29, 1.82) is 0 Å². The van der Waals surface area contributed by atoms with Crippen LogP contribution in [0.1, 0.15) is 5.56 Å². The van der Waals surface area contributed by atoms with E-state index in [1.165, 1.54) is 6.07 Å². The number of benzene rings is 2. The Kier molecular flexibility index (Phi) is 3.73. The minimum absolute atomic E-state index is 0.00318. The second-order valence-corrected chi connectivity index (χ2v) is 5.67. The fourth-order valence-corrected chi connectivity index (χ4v) is 2.46. The Bertz CT molecular complexity index is 670. The van der Waals surface area contributed by atoms with E-state index >= 15 is 0 Å². The van der Waals surface area contributed by atoms with E-state index in [0.717, 1.165) is 5.56 Å². The summed E-state index contributed by atoms with van der Waals surface area (Å²) in [6.45, 7) is 0.507. The molecule has 0 aliphatic heterocycles. The Morgan fingerprint density at radius 1 is 1.05 bits per heavy atom. The zero-order valence-corrected chi connectivity index (χ0v) is 11.0. The van der Waals surface area contributed by atoms with Crippen LogP contribution in [0, 0.1) is 0 Å². The van der Waals surface area contributed by atoms with E-state index < -0.39 is 10.0 Å². The van der Waals surface area contributed by atoms with Crippen molar-refractivity contribution >= 4 is 21.4 Å². The smallest absolute Gasteiger partial charge is 0.240 e. The molecule has 5 N–H and O–H groups in total. The van der Waals surface area contributed by atoms with Crippen molar-refractivity contribution in [3.63, 3.8) is 0 Å². The molecule has 0 aliphatic carbocycles. The molecule has 0 unspecified atom stereocenters. The van der Waals surface area contributed by atoms with Crippen molar-refractivity contribution in [2.45, 2.75) is 11.4 Å². The first kappa shape index (κ1) is 13.4. The van der Waals surface area contributed by atoms with Crippen LogP contribution in [0.3, 0.4) is 0 Å². The van der Waals surface area contributed by atoms with Crippen LogP contribution in [-0.4, -0.2) is 8.42 Å². The molecule has 0 saturated heterocycles. The van der Waals surface area contributed by atoms with E-state index in [9.17, 15) is 8.42 Å². The molecule has 0 aliphatic rings. The van der Waals surface area contributed by atoms with Gasteiger partial charge in [0.05, 0.1) is 5.69 Å². The summed E-state index contributed by atoms with van der Waals surface area (Å²) in [5, 5.41) is 8.22. The maximum atomic E-state index is 11.5. The average molecular weight is 277 g/mol. The van der Waals surface area contributed by atoms with Gasteiger partial charge in [0.1, 0.15) is 4.90 Å². The summed E-state index contributed by atoms with van der Waals surface area (Å²) >= 11 is 0. The standard InChI is InChI=1S/C13H15N3O2S/c14-11-6-7-12(13(8-11)19(15,17)18)16-9-10-4-2-1-3-5-10/h1-8,16H,9,14H2,(H2,15,17,18). The fourth-order valence-electron chi connectivity index (χ4n) is 1.71. The second kappa shape index (κ2) is 5.29. The van der Waals surface area contributed by atoms with Crippen LogP contribution in [0.25, 0.3) is 0 Å². The molecule has 100 valence electrons. The zero-order chi connectivity index (χ0) is 13.9. The molecule has 2 aromatic carbocycles. The number of primary sulfonamides is 1. The monoisotopic (exact) mass is 277 g/mol. The molecule has 0 spiro atoms. The van der Waals surface area contributed by atoms with Gasteiger partial charge in [-0.1, -0.05) is 30.3 Å². The second-order valence-electron chi connectivity index (χ2n) is 4.14. The lowest BCUT2D eigenvalue weighted by Crippen LogP contribution is -2.15. The highest BCUT2D eigenvalue weighted by molar-refractivity contribution is 7.89. The maximum absolute atomic E-state index is 11.5. The third-order valence-corrected chi connectivity index (χ3v) is 3.59. The number of nitrogens with one attached hydrogen (secondary N) is 1. The molecule has 0 amide bonds. The van der Waals surface area contributed by atoms with E-state index in [-0.39, 0.29) is 4.90 Å². The summed E-state index contributed by atoms with van der Waals surface area (Å²) in [5.41, 5.74) is 7.43. The lowest BCUT2D eigenvalue weighted by atomic mass is 10.2. The Balaban J connectivity index is 2.26. The van der Waals surface area contributed by atoms with Gasteiger partial charge in [-0.2, -0.15) is 0 Å². The Morgan fingerprint density at radius 2 is 1.74 bits per heavy atom. The van der Waals surface area contributed by atoms with Gasteiger partial charge in [0, 0.05) is 12.2 Å². The van der Waals surface area contributed by atoms with Gasteiger partial charge >= 0.3 is 0 Å². The summed E-state index contributed by atoms with van der Waals surface area (Å²) in [4.78, 5) is 0.00318. The first-order chi connectivity index (χ1) is 8.97. The SMILES string of the molecule is Nc1ccc(NCc2ccccc2)c(S(N)(=O)=O)c1. The summed E-state index contributed by atoms with van der Waals surface area (Å²) in [7, 11) is -3.80. The largest absolute Gasteiger partial charge is 0.399 e. The van der Waals surface area contributed by atoms with Crippen LogP contribution in [0.4, 0.5) is 11.4 Å². The summed E-state index contributed by atoms with van der Waals surface area (Å²) in [6.07, 6.45) is 0. The lowest BCUT2D eigenvalue weighted by Gasteiger charge is -2.11. The van der Waals surface area contributed by atoms with Gasteiger partial charge in [-0.3, -0.25) is 0 Å². The van der Waals surface area contributed by atoms with Crippen molar-refractivity contribution in [3.05, 3.63) is 54.1 Å². The minimum Gasteiger partial charge on any atom is -0.399 e. The molecule has 2 rings (SSSR count). The number of nitrogens with two attached hydrogens (primary N) is 2. The number of hydrogen-bond donors (Lipinski definition) is 3. The Labute approximate surface area is 112 Å². The first-order valence-electron chi connectivity index (χ1n) is 5.67. The van der Waals surface area contributed by atoms with Gasteiger partial charge in [-0.25, -0.2) is 13.6 Å². The van der Waals surface area contributed by atoms with Crippen LogP contribution >= 0.6 is 0 Å². The van der Waals surface area contributed by atoms with E-state index in [2.05, 4.69) is 5.32 Å². The number of sulfonamides is 1. The van der Waals surface area contributed by atoms with Crippen LogP contribution < -0.4 is 16.2 Å². The van der Waals surface area contributed by atoms with Gasteiger partial charge in [-0.15, -0.1) is 0 Å². The highest BCUT2D eigenvalue weighted by Gasteiger charge is 2.14. The number of nitrogen functional groups attached to an aromatic ring is 1. The van der Waals surface area contributed by atoms with Gasteiger partial charge in [0.25, 0.3) is 0 Å². The van der Waals surface area contributed by atoms with Crippen molar-refractivity contribution in [1.82, 2.24) is 0 Å². The molecule has 0 fully saturated rings. The zero-order valence-electron chi connectivity index (χ0n) is 10.2. The molecule has 0 saturated carbocycles. The van der Waals surface area contributed by atoms with E-state index in [4.69, 9.17) is 10.9 Å². The molecule has 0 bridgehead atoms. The van der Waals surface area contributed by atoms with Crippen molar-refractivity contribution in [3.8, 4) is 0 Å². The molecule has 2 aromatic rings. The molecular weight excluding hydrogens is 262 g/mol. The molecule has 0 atom stereocenters. The first-order valence-corrected chi connectivity index (χ1v) is 7.21. The minimum atomic E-state index is -3.80. The summed E-state index contributed by atoms with van der Waals surface area (Å²) in [5.74, 6) is 0. The lowest BCUT2D eigenvalue weighted by molar-refractivity contribution is 0.598. The van der Waals surface area contributed by atoms with Crippen molar-refractivity contribution in [2.24, 2.45) is 5.14 Å². The van der Waals surface area contributed by atoms with Crippen LogP contribution in [0.15, 0.2) is 53.4 Å². The summed E-state index contributed by atoms with van der Waals surface area (Å²) in [6, 6.07) is 14.2. The van der Waals surface area contributed by atoms with Gasteiger partial charge < -0.3 is 11.1 Å². The van der Waals surface area contributed by atoms with Crippen molar-refractivity contribution < 1.29 is 8.42 Å². The molecule has 0 heterocycles. The van der Waals surface area contributed by atoms with Crippen LogP contribution in [-0.2, 0) is 16.6 Å². The van der Waals surface area contributed by atoms with E-state index in [0.29, 0.717) is 17.9 Å².